The van der Waals surface area contributed by atoms with E-state index >= 15 is 0 Å². The molecule has 1 unspecified atom stereocenters. The van der Waals surface area contributed by atoms with E-state index in [0.717, 1.165) is 69.0 Å². The molecule has 3 rings (SSSR count). The molecule has 42 heavy (non-hydrogen) atoms. The van der Waals surface area contributed by atoms with Crippen molar-refractivity contribution in [3.8, 4) is 0 Å². The van der Waals surface area contributed by atoms with Gasteiger partial charge in [-0.15, -0.1) is 0 Å². The predicted octanol–water partition coefficient (Wildman–Crippen LogP) is 4.28. The Morgan fingerprint density at radius 1 is 1.05 bits per heavy atom. The number of nitrogens with one attached hydrogen (secondary N) is 2. The smallest absolute Gasteiger partial charge is 0.254 e. The Kier molecular flexibility index (Phi) is 13.7. The third kappa shape index (κ3) is 10.1. The molecule has 1 atom stereocenters. The van der Waals surface area contributed by atoms with Gasteiger partial charge in [-0.25, -0.2) is 0 Å². The number of amides is 2. The largest absolute Gasteiger partial charge is 0.399 e. The van der Waals surface area contributed by atoms with Gasteiger partial charge in [0.1, 0.15) is 12.0 Å². The number of hydrogen-bond acceptors (Lipinski definition) is 8. The van der Waals surface area contributed by atoms with Gasteiger partial charge < -0.3 is 31.9 Å². The SMILES string of the molecule is CC(CCC=O)N1Cc2c(NC(=O)CCCCCCCNCCCN=C/C(=N\N)c3ccc(N)cc3)cccc2C1=O. The molecule has 0 spiro atoms. The first-order valence-electron chi connectivity index (χ1n) is 14.9. The summed E-state index contributed by atoms with van der Waals surface area (Å²) in [6, 6.07) is 12.8. The molecule has 6 N–H and O–H groups in total. The quantitative estimate of drug-likeness (QED) is 0.0489. The van der Waals surface area contributed by atoms with Crippen molar-refractivity contribution in [2.45, 2.75) is 77.3 Å². The maximum atomic E-state index is 12.8. The fourth-order valence-electron chi connectivity index (χ4n) is 4.98. The normalized spacial score (nSPS) is 13.9. The molecule has 1 heterocycles. The first kappa shape index (κ1) is 32.5. The Balaban J connectivity index is 1.22. The van der Waals surface area contributed by atoms with E-state index in [9.17, 15) is 14.4 Å². The minimum Gasteiger partial charge on any atom is -0.399 e. The number of hydrazone groups is 1. The van der Waals surface area contributed by atoms with Gasteiger partial charge in [-0.05, 0) is 70.0 Å². The van der Waals surface area contributed by atoms with Gasteiger partial charge in [-0.1, -0.05) is 37.5 Å². The van der Waals surface area contributed by atoms with Gasteiger partial charge in [0.25, 0.3) is 5.91 Å². The van der Waals surface area contributed by atoms with Crippen molar-refractivity contribution in [2.24, 2.45) is 15.9 Å². The van der Waals surface area contributed by atoms with E-state index in [0.29, 0.717) is 55.0 Å². The van der Waals surface area contributed by atoms with Crippen LogP contribution < -0.4 is 22.2 Å². The van der Waals surface area contributed by atoms with Gasteiger partial charge in [0.15, 0.2) is 0 Å². The molecule has 0 aliphatic carbocycles. The van der Waals surface area contributed by atoms with E-state index in [2.05, 4.69) is 20.7 Å². The van der Waals surface area contributed by atoms with Gasteiger partial charge in [-0.3, -0.25) is 14.6 Å². The van der Waals surface area contributed by atoms with Crippen LogP contribution in [0.5, 0.6) is 0 Å². The van der Waals surface area contributed by atoms with Crippen molar-refractivity contribution < 1.29 is 14.4 Å². The summed E-state index contributed by atoms with van der Waals surface area (Å²) in [4.78, 5) is 42.3. The minimum atomic E-state index is -0.0380. The molecule has 2 aromatic rings. The predicted molar refractivity (Wildman–Crippen MR) is 170 cm³/mol. The van der Waals surface area contributed by atoms with Crippen LogP contribution >= 0.6 is 0 Å². The number of unbranched alkanes of at least 4 members (excludes halogenated alkanes) is 4. The summed E-state index contributed by atoms with van der Waals surface area (Å²) in [5, 5.41) is 10.3. The third-order valence-corrected chi connectivity index (χ3v) is 7.46. The Morgan fingerprint density at radius 3 is 2.55 bits per heavy atom. The highest BCUT2D eigenvalue weighted by molar-refractivity contribution is 6.38. The van der Waals surface area contributed by atoms with E-state index in [1.807, 2.05) is 43.3 Å². The average molecular weight is 576 g/mol. The number of fused-ring (bicyclic) bond motifs is 1. The number of carbonyl (C=O) groups is 3. The zero-order valence-corrected chi connectivity index (χ0v) is 24.7. The monoisotopic (exact) mass is 575 g/mol. The first-order chi connectivity index (χ1) is 20.4. The molecule has 2 aromatic carbocycles. The lowest BCUT2D eigenvalue weighted by Crippen LogP contribution is -2.33. The molecule has 0 bridgehead atoms. The van der Waals surface area contributed by atoms with E-state index < -0.39 is 0 Å². The van der Waals surface area contributed by atoms with Crippen LogP contribution in [-0.4, -0.2) is 60.6 Å². The Bertz CT molecular complexity index is 1230. The molecule has 0 fully saturated rings. The lowest BCUT2D eigenvalue weighted by atomic mass is 10.1. The second-order valence-corrected chi connectivity index (χ2v) is 10.7. The summed E-state index contributed by atoms with van der Waals surface area (Å²) < 4.78 is 0. The van der Waals surface area contributed by atoms with Gasteiger partial charge in [-0.2, -0.15) is 5.10 Å². The molecule has 1 aliphatic heterocycles. The topological polar surface area (TPSA) is 155 Å². The molecule has 0 saturated heterocycles. The van der Waals surface area contributed by atoms with Gasteiger partial charge in [0.2, 0.25) is 5.91 Å². The van der Waals surface area contributed by atoms with Crippen molar-refractivity contribution >= 4 is 41.4 Å². The van der Waals surface area contributed by atoms with Crippen molar-refractivity contribution in [1.82, 2.24) is 10.2 Å². The molecular formula is C32H45N7O3. The summed E-state index contributed by atoms with van der Waals surface area (Å²) >= 11 is 0. The molecule has 10 heteroatoms. The van der Waals surface area contributed by atoms with Crippen molar-refractivity contribution in [3.05, 3.63) is 59.2 Å². The summed E-state index contributed by atoms with van der Waals surface area (Å²) in [7, 11) is 0. The molecule has 2 amide bonds. The highest BCUT2D eigenvalue weighted by Gasteiger charge is 2.32. The second-order valence-electron chi connectivity index (χ2n) is 10.7. The van der Waals surface area contributed by atoms with Crippen LogP contribution in [0.2, 0.25) is 0 Å². The standard InChI is InChI=1S/C32H45N7O3/c1-24(10-8-21-40)39-23-28-27(32(39)42)11-7-12-29(28)37-31(41)13-5-3-2-4-6-18-35-19-9-20-36-22-30(38-34)25-14-16-26(33)17-15-25/h7,11-12,14-17,21-22,24,35H,2-6,8-10,13,18-20,23,33-34H2,1H3,(H,37,41)/b36-22?,38-30+. The van der Waals surface area contributed by atoms with Gasteiger partial charge in [0.05, 0.1) is 0 Å². The van der Waals surface area contributed by atoms with Crippen LogP contribution in [0.15, 0.2) is 52.6 Å². The molecule has 0 aromatic heterocycles. The number of anilines is 2. The zero-order valence-electron chi connectivity index (χ0n) is 24.7. The minimum absolute atomic E-state index is 0.0223. The number of aldehydes is 1. The number of aliphatic imine (C=N–C) groups is 1. The lowest BCUT2D eigenvalue weighted by molar-refractivity contribution is -0.116. The van der Waals surface area contributed by atoms with E-state index in [4.69, 9.17) is 11.6 Å². The molecule has 10 nitrogen and oxygen atoms in total. The van der Waals surface area contributed by atoms with Gasteiger partial charge >= 0.3 is 0 Å². The second kappa shape index (κ2) is 17.7. The van der Waals surface area contributed by atoms with Crippen LogP contribution in [-0.2, 0) is 16.1 Å². The van der Waals surface area contributed by atoms with E-state index in [1.54, 1.807) is 17.2 Å². The molecule has 0 saturated carbocycles. The summed E-state index contributed by atoms with van der Waals surface area (Å²) in [5.41, 5.74) is 10.1. The van der Waals surface area contributed by atoms with Crippen LogP contribution in [0.1, 0.15) is 86.2 Å². The maximum absolute atomic E-state index is 12.8. The zero-order chi connectivity index (χ0) is 30.2. The van der Waals surface area contributed by atoms with Crippen LogP contribution in [0, 0.1) is 0 Å². The summed E-state index contributed by atoms with van der Waals surface area (Å²) in [6.07, 6.45) is 10.2. The van der Waals surface area contributed by atoms with Crippen LogP contribution in [0.25, 0.3) is 0 Å². The summed E-state index contributed by atoms with van der Waals surface area (Å²) in [6.45, 7) is 4.98. The van der Waals surface area contributed by atoms with Gasteiger partial charge in [0, 0.05) is 66.3 Å². The number of benzene rings is 2. The molecule has 226 valence electrons. The summed E-state index contributed by atoms with van der Waals surface area (Å²) in [5.74, 6) is 5.43. The number of rotatable bonds is 19. The average Bonchev–Trinajstić information content (AvgIpc) is 3.34. The third-order valence-electron chi connectivity index (χ3n) is 7.46. The molecule has 1 aliphatic rings. The lowest BCUT2D eigenvalue weighted by Gasteiger charge is -2.23. The van der Waals surface area contributed by atoms with Crippen molar-refractivity contribution in [3.63, 3.8) is 0 Å². The van der Waals surface area contributed by atoms with E-state index in [-0.39, 0.29) is 17.9 Å². The maximum Gasteiger partial charge on any atom is 0.254 e. The van der Waals surface area contributed by atoms with Crippen molar-refractivity contribution in [2.75, 3.05) is 30.7 Å². The fraction of sp³-hybridized carbons (Fsp3) is 0.469. The molecular weight excluding hydrogens is 530 g/mol. The highest BCUT2D eigenvalue weighted by atomic mass is 16.2. The number of hydrogen-bond donors (Lipinski definition) is 4. The number of carbonyl (C=O) groups excluding carboxylic acids is 3. The number of nitrogens with zero attached hydrogens (tertiary/aromatic N) is 3. The Labute approximate surface area is 249 Å². The Morgan fingerprint density at radius 2 is 1.79 bits per heavy atom. The van der Waals surface area contributed by atoms with Crippen LogP contribution in [0.4, 0.5) is 11.4 Å². The van der Waals surface area contributed by atoms with E-state index in [1.165, 1.54) is 0 Å². The molecule has 0 radical (unpaired) electrons. The highest BCUT2D eigenvalue weighted by Crippen LogP contribution is 2.31. The number of nitrogen functional groups attached to an aromatic ring is 1. The van der Waals surface area contributed by atoms with Crippen molar-refractivity contribution in [1.29, 1.82) is 0 Å². The Hall–Kier alpha value is -4.05. The first-order valence-corrected chi connectivity index (χ1v) is 14.9. The number of nitrogens with two attached hydrogens (primary N) is 2. The van der Waals surface area contributed by atoms with Crippen LogP contribution in [0.3, 0.4) is 0 Å². The fourth-order valence-corrected chi connectivity index (χ4v) is 4.98.